The summed E-state index contributed by atoms with van der Waals surface area (Å²) in [4.78, 5) is 11.1. The van der Waals surface area contributed by atoms with E-state index in [-0.39, 0.29) is 5.60 Å². The molecule has 0 amide bonds. The minimum Gasteiger partial charge on any atom is -0.381 e. The van der Waals surface area contributed by atoms with Crippen molar-refractivity contribution in [3.8, 4) is 0 Å². The van der Waals surface area contributed by atoms with Crippen molar-refractivity contribution >= 4 is 6.29 Å². The third-order valence-electron chi connectivity index (χ3n) is 2.28. The van der Waals surface area contributed by atoms with E-state index in [2.05, 4.69) is 0 Å². The van der Waals surface area contributed by atoms with Gasteiger partial charge in [-0.3, -0.25) is 0 Å². The summed E-state index contributed by atoms with van der Waals surface area (Å²) in [6, 6.07) is 0. The maximum atomic E-state index is 11.1. The van der Waals surface area contributed by atoms with Gasteiger partial charge in [-0.2, -0.15) is 0 Å². The second-order valence-corrected chi connectivity index (χ2v) is 4.86. The Balaban J connectivity index is 2.67. The lowest BCUT2D eigenvalue weighted by Crippen LogP contribution is -2.41. The highest BCUT2D eigenvalue weighted by Crippen LogP contribution is 2.28. The van der Waals surface area contributed by atoms with Crippen LogP contribution in [0.1, 0.15) is 40.0 Å². The van der Waals surface area contributed by atoms with E-state index in [4.69, 9.17) is 9.47 Å². The number of ether oxygens (including phenoxy) is 2. The van der Waals surface area contributed by atoms with Gasteiger partial charge in [-0.25, -0.2) is 0 Å². The van der Waals surface area contributed by atoms with Gasteiger partial charge in [0.2, 0.25) is 0 Å². The summed E-state index contributed by atoms with van der Waals surface area (Å²) < 4.78 is 11.2. The van der Waals surface area contributed by atoms with E-state index in [1.165, 1.54) is 0 Å². The summed E-state index contributed by atoms with van der Waals surface area (Å²) in [7, 11) is 0. The minimum atomic E-state index is -0.616. The lowest BCUT2D eigenvalue weighted by molar-refractivity contribution is -0.156. The van der Waals surface area contributed by atoms with Crippen LogP contribution in [-0.2, 0) is 14.3 Å². The molecule has 1 heterocycles. The molecular formula is C11H20O3. The van der Waals surface area contributed by atoms with Crippen molar-refractivity contribution in [2.45, 2.75) is 51.2 Å². The van der Waals surface area contributed by atoms with Gasteiger partial charge in [0, 0.05) is 19.6 Å². The molecule has 1 aliphatic heterocycles. The Kier molecular flexibility index (Phi) is 3.67. The highest BCUT2D eigenvalue weighted by atomic mass is 16.5. The van der Waals surface area contributed by atoms with Crippen LogP contribution >= 0.6 is 0 Å². The highest BCUT2D eigenvalue weighted by Gasteiger charge is 2.35. The van der Waals surface area contributed by atoms with Crippen molar-refractivity contribution in [2.24, 2.45) is 0 Å². The predicted molar refractivity (Wildman–Crippen MR) is 54.3 cm³/mol. The molecule has 0 radical (unpaired) electrons. The molecule has 3 nitrogen and oxygen atoms in total. The maximum Gasteiger partial charge on any atom is 0.151 e. The summed E-state index contributed by atoms with van der Waals surface area (Å²) in [6.45, 7) is 7.29. The first-order chi connectivity index (χ1) is 6.47. The van der Waals surface area contributed by atoms with Gasteiger partial charge in [0.05, 0.1) is 5.60 Å². The third-order valence-corrected chi connectivity index (χ3v) is 2.28. The molecule has 0 spiro atoms. The van der Waals surface area contributed by atoms with Gasteiger partial charge in [0.25, 0.3) is 0 Å². The fourth-order valence-electron chi connectivity index (χ4n) is 1.80. The van der Waals surface area contributed by atoms with Crippen LogP contribution in [-0.4, -0.2) is 30.7 Å². The van der Waals surface area contributed by atoms with Crippen LogP contribution in [0.3, 0.4) is 0 Å². The molecule has 0 aromatic carbocycles. The molecule has 0 aromatic heterocycles. The first-order valence-corrected chi connectivity index (χ1v) is 5.22. The number of hydrogen-bond donors (Lipinski definition) is 0. The van der Waals surface area contributed by atoms with E-state index in [1.54, 1.807) is 0 Å². The van der Waals surface area contributed by atoms with Crippen LogP contribution in [0.25, 0.3) is 0 Å². The molecule has 1 atom stereocenters. The first kappa shape index (κ1) is 11.7. The van der Waals surface area contributed by atoms with Gasteiger partial charge >= 0.3 is 0 Å². The molecule has 0 bridgehead atoms. The van der Waals surface area contributed by atoms with Gasteiger partial charge < -0.3 is 14.3 Å². The first-order valence-electron chi connectivity index (χ1n) is 5.22. The van der Waals surface area contributed by atoms with Crippen LogP contribution in [0.4, 0.5) is 0 Å². The Morgan fingerprint density at radius 3 is 2.57 bits per heavy atom. The molecule has 0 N–H and O–H groups in total. The van der Waals surface area contributed by atoms with Crippen LogP contribution in [0.2, 0.25) is 0 Å². The van der Waals surface area contributed by atoms with Crippen molar-refractivity contribution in [3.05, 3.63) is 0 Å². The molecule has 1 unspecified atom stereocenters. The zero-order valence-electron chi connectivity index (χ0n) is 9.34. The molecule has 3 heteroatoms. The smallest absolute Gasteiger partial charge is 0.151 e. The van der Waals surface area contributed by atoms with E-state index in [1.807, 2.05) is 20.8 Å². The maximum absolute atomic E-state index is 11.1. The highest BCUT2D eigenvalue weighted by molar-refractivity contribution is 5.62. The van der Waals surface area contributed by atoms with Crippen molar-refractivity contribution < 1.29 is 14.3 Å². The lowest BCUT2D eigenvalue weighted by Gasteiger charge is -2.34. The molecule has 0 aliphatic carbocycles. The summed E-state index contributed by atoms with van der Waals surface area (Å²) in [5.74, 6) is 0. The van der Waals surface area contributed by atoms with E-state index in [9.17, 15) is 4.79 Å². The molecule has 0 aromatic rings. The normalized spacial score (nSPS) is 29.6. The quantitative estimate of drug-likeness (QED) is 0.639. The molecule has 14 heavy (non-hydrogen) atoms. The average molecular weight is 200 g/mol. The average Bonchev–Trinajstić information content (AvgIpc) is 2.28. The third kappa shape index (κ3) is 3.39. The summed E-state index contributed by atoms with van der Waals surface area (Å²) >= 11 is 0. The minimum absolute atomic E-state index is 0.273. The molecule has 82 valence electrons. The second-order valence-electron chi connectivity index (χ2n) is 4.86. The Bertz CT molecular complexity index is 185. The summed E-state index contributed by atoms with van der Waals surface area (Å²) in [5, 5.41) is 0. The number of carbonyl (C=O) groups excluding carboxylic acids is 1. The number of aldehydes is 1. The van der Waals surface area contributed by atoms with Gasteiger partial charge in [-0.15, -0.1) is 0 Å². The number of carbonyl (C=O) groups is 1. The Hall–Kier alpha value is -0.410. The molecule has 1 aliphatic rings. The summed E-state index contributed by atoms with van der Waals surface area (Å²) in [6.07, 6.45) is 3.29. The Labute approximate surface area is 85.8 Å². The van der Waals surface area contributed by atoms with Crippen molar-refractivity contribution in [1.29, 1.82) is 0 Å². The molecule has 1 saturated heterocycles. The fourth-order valence-corrected chi connectivity index (χ4v) is 1.80. The van der Waals surface area contributed by atoms with E-state index < -0.39 is 5.60 Å². The van der Waals surface area contributed by atoms with Crippen molar-refractivity contribution in [2.75, 3.05) is 13.2 Å². The second kappa shape index (κ2) is 4.41. The van der Waals surface area contributed by atoms with Crippen molar-refractivity contribution in [1.82, 2.24) is 0 Å². The zero-order chi connectivity index (χ0) is 10.7. The van der Waals surface area contributed by atoms with Crippen molar-refractivity contribution in [3.63, 3.8) is 0 Å². The van der Waals surface area contributed by atoms with Gasteiger partial charge in [-0.1, -0.05) is 0 Å². The van der Waals surface area contributed by atoms with Crippen LogP contribution in [0.5, 0.6) is 0 Å². The number of hydrogen-bond acceptors (Lipinski definition) is 3. The van der Waals surface area contributed by atoms with Gasteiger partial charge in [0.1, 0.15) is 5.60 Å². The monoisotopic (exact) mass is 200 g/mol. The van der Waals surface area contributed by atoms with Crippen LogP contribution in [0, 0.1) is 0 Å². The SMILES string of the molecule is CC(C)(C)OC1(C=O)CCCOCC1. The van der Waals surface area contributed by atoms with E-state index in [0.29, 0.717) is 13.0 Å². The zero-order valence-corrected chi connectivity index (χ0v) is 9.34. The van der Waals surface area contributed by atoms with Crippen LogP contribution < -0.4 is 0 Å². The Morgan fingerprint density at radius 1 is 1.29 bits per heavy atom. The lowest BCUT2D eigenvalue weighted by atomic mass is 9.95. The fraction of sp³-hybridized carbons (Fsp3) is 0.909. The Morgan fingerprint density at radius 2 is 2.00 bits per heavy atom. The van der Waals surface area contributed by atoms with Gasteiger partial charge in [0.15, 0.2) is 6.29 Å². The van der Waals surface area contributed by atoms with E-state index >= 15 is 0 Å². The molecule has 1 fully saturated rings. The summed E-state index contributed by atoms with van der Waals surface area (Å²) in [5.41, 5.74) is -0.889. The standard InChI is InChI=1S/C11H20O3/c1-10(2,3)14-11(9-12)5-4-7-13-8-6-11/h9H,4-8H2,1-3H3. The predicted octanol–water partition coefficient (Wildman–Crippen LogP) is 1.94. The van der Waals surface area contributed by atoms with E-state index in [0.717, 1.165) is 25.7 Å². The van der Waals surface area contributed by atoms with Crippen LogP contribution in [0.15, 0.2) is 0 Å². The number of rotatable bonds is 2. The molecular weight excluding hydrogens is 180 g/mol. The molecule has 0 saturated carbocycles. The van der Waals surface area contributed by atoms with Gasteiger partial charge in [-0.05, 0) is 33.6 Å². The topological polar surface area (TPSA) is 35.5 Å². The molecule has 1 rings (SSSR count). The largest absolute Gasteiger partial charge is 0.381 e.